The van der Waals surface area contributed by atoms with E-state index in [0.717, 1.165) is 0 Å². The molecule has 0 radical (unpaired) electrons. The van der Waals surface area contributed by atoms with Crippen molar-refractivity contribution in [3.63, 3.8) is 0 Å². The first-order valence-electron chi connectivity index (χ1n) is 10.1. The first-order chi connectivity index (χ1) is 10.4. The fourth-order valence-corrected chi connectivity index (χ4v) is 1.76. The summed E-state index contributed by atoms with van der Waals surface area (Å²) in [4.78, 5) is 2.36. The fourth-order valence-electron chi connectivity index (χ4n) is 1.76. The standard InChI is InChI=1S/C5H11N.C5H10.5C2H6.4CH4/c1-6-4-2-3-5-6;1-2-4-5-3-1;5*1-2;;;;/h2-5H2,1H3;1-5H2;5*1-2H3;4*1H4. The first-order valence-corrected chi connectivity index (χ1v) is 10.1. The lowest BCUT2D eigenvalue weighted by Gasteiger charge is -2.01. The van der Waals surface area contributed by atoms with Crippen LogP contribution < -0.4 is 0 Å². The Hall–Kier alpha value is -0.0400. The van der Waals surface area contributed by atoms with E-state index in [0.29, 0.717) is 0 Å². The van der Waals surface area contributed by atoms with Gasteiger partial charge in [0, 0.05) is 0 Å². The Labute approximate surface area is 169 Å². The van der Waals surface area contributed by atoms with Crippen LogP contribution in [0.2, 0.25) is 0 Å². The van der Waals surface area contributed by atoms with Crippen molar-refractivity contribution in [2.75, 3.05) is 20.1 Å². The van der Waals surface area contributed by atoms with Crippen LogP contribution in [0.15, 0.2) is 0 Å². The summed E-state index contributed by atoms with van der Waals surface area (Å²) in [5.74, 6) is 0. The molecule has 2 aliphatic rings. The molecular weight excluding hydrogens is 302 g/mol. The van der Waals surface area contributed by atoms with E-state index >= 15 is 0 Å². The summed E-state index contributed by atoms with van der Waals surface area (Å²) >= 11 is 0. The molecule has 2 rings (SSSR count). The van der Waals surface area contributed by atoms with Gasteiger partial charge >= 0.3 is 0 Å². The third-order valence-corrected chi connectivity index (χ3v) is 2.58. The SMILES string of the molecule is C.C.C.C.C1CCCC1.CC.CC.CC.CC.CC.CN1CCCC1. The Morgan fingerprint density at radius 1 is 0.360 bits per heavy atom. The van der Waals surface area contributed by atoms with E-state index in [9.17, 15) is 0 Å². The molecule has 0 bridgehead atoms. The van der Waals surface area contributed by atoms with Crippen molar-refractivity contribution in [1.82, 2.24) is 4.90 Å². The maximum atomic E-state index is 2.36. The van der Waals surface area contributed by atoms with Gasteiger partial charge in [0.25, 0.3) is 0 Å². The van der Waals surface area contributed by atoms with Crippen LogP contribution in [0.5, 0.6) is 0 Å². The van der Waals surface area contributed by atoms with Gasteiger partial charge in [-0.3, -0.25) is 0 Å². The van der Waals surface area contributed by atoms with Crippen molar-refractivity contribution in [2.45, 2.75) is 144 Å². The van der Waals surface area contributed by atoms with Crippen LogP contribution in [0.4, 0.5) is 0 Å². The number of likely N-dealkylation sites (tertiary alicyclic amines) is 1. The smallest absolute Gasteiger partial charge is 0.00213 e. The van der Waals surface area contributed by atoms with Gasteiger partial charge in [-0.1, -0.05) is 131 Å². The van der Waals surface area contributed by atoms with Crippen molar-refractivity contribution < 1.29 is 0 Å². The van der Waals surface area contributed by atoms with Crippen LogP contribution in [0.3, 0.4) is 0 Å². The van der Waals surface area contributed by atoms with E-state index in [-0.39, 0.29) is 29.7 Å². The molecule has 2 fully saturated rings. The maximum Gasteiger partial charge on any atom is -0.00213 e. The minimum absolute atomic E-state index is 0. The lowest BCUT2D eigenvalue weighted by molar-refractivity contribution is 0.418. The van der Waals surface area contributed by atoms with Gasteiger partial charge < -0.3 is 4.90 Å². The molecule has 1 heteroatoms. The second-order valence-corrected chi connectivity index (χ2v) is 3.78. The number of hydrogen-bond donors (Lipinski definition) is 0. The Morgan fingerprint density at radius 2 is 0.520 bits per heavy atom. The summed E-state index contributed by atoms with van der Waals surface area (Å²) in [6.07, 6.45) is 10.3. The van der Waals surface area contributed by atoms with Crippen LogP contribution in [0, 0.1) is 0 Å². The van der Waals surface area contributed by atoms with Gasteiger partial charge in [0.05, 0.1) is 0 Å². The van der Waals surface area contributed by atoms with Crippen LogP contribution in [0.25, 0.3) is 0 Å². The highest BCUT2D eigenvalue weighted by molar-refractivity contribution is 4.59. The zero-order chi connectivity index (χ0) is 17.9. The van der Waals surface area contributed by atoms with Gasteiger partial charge in [0.1, 0.15) is 0 Å². The third kappa shape index (κ3) is 80.8. The molecule has 1 heterocycles. The quantitative estimate of drug-likeness (QED) is 0.410. The molecule has 1 saturated carbocycles. The topological polar surface area (TPSA) is 3.24 Å². The van der Waals surface area contributed by atoms with E-state index in [1.54, 1.807) is 0 Å². The van der Waals surface area contributed by atoms with E-state index < -0.39 is 0 Å². The molecule has 0 N–H and O–H groups in total. The van der Waals surface area contributed by atoms with Crippen LogP contribution in [0.1, 0.15) is 144 Å². The molecule has 168 valence electrons. The Morgan fingerprint density at radius 3 is 0.600 bits per heavy atom. The molecule has 25 heavy (non-hydrogen) atoms. The maximum absolute atomic E-state index is 2.36. The molecule has 0 aromatic carbocycles. The molecule has 1 aliphatic heterocycles. The zero-order valence-electron chi connectivity index (χ0n) is 17.8. The average molecular weight is 370 g/mol. The minimum Gasteiger partial charge on any atom is -0.306 e. The summed E-state index contributed by atoms with van der Waals surface area (Å²) in [6.45, 7) is 22.6. The Bertz CT molecular complexity index is 74.5. The van der Waals surface area contributed by atoms with E-state index in [2.05, 4.69) is 11.9 Å². The predicted molar refractivity (Wildman–Crippen MR) is 133 cm³/mol. The molecule has 0 atom stereocenters. The monoisotopic (exact) mass is 370 g/mol. The van der Waals surface area contributed by atoms with Gasteiger partial charge in [-0.2, -0.15) is 0 Å². The van der Waals surface area contributed by atoms with Gasteiger partial charge in [0.2, 0.25) is 0 Å². The van der Waals surface area contributed by atoms with Crippen molar-refractivity contribution in [3.05, 3.63) is 0 Å². The van der Waals surface area contributed by atoms with E-state index in [4.69, 9.17) is 0 Å². The highest BCUT2D eigenvalue weighted by Gasteiger charge is 2.03. The summed E-state index contributed by atoms with van der Waals surface area (Å²) in [7, 11) is 2.17. The lowest BCUT2D eigenvalue weighted by atomic mass is 10.4. The van der Waals surface area contributed by atoms with Crippen molar-refractivity contribution in [1.29, 1.82) is 0 Å². The van der Waals surface area contributed by atoms with Crippen LogP contribution in [-0.2, 0) is 0 Å². The van der Waals surface area contributed by atoms with Gasteiger partial charge in [-0.05, 0) is 33.0 Å². The Balaban J connectivity index is -0.0000000179. The summed E-state index contributed by atoms with van der Waals surface area (Å²) in [5, 5.41) is 0. The van der Waals surface area contributed by atoms with Crippen molar-refractivity contribution in [3.8, 4) is 0 Å². The highest BCUT2D eigenvalue weighted by atomic mass is 15.1. The molecule has 1 saturated heterocycles. The van der Waals surface area contributed by atoms with Crippen molar-refractivity contribution >= 4 is 0 Å². The number of hydrogen-bond acceptors (Lipinski definition) is 1. The third-order valence-electron chi connectivity index (χ3n) is 2.58. The predicted octanol–water partition coefficient (Wildman–Crippen LogP) is 10.3. The molecule has 1 nitrogen and oxygen atoms in total. The fraction of sp³-hybridized carbons (Fsp3) is 1.00. The van der Waals surface area contributed by atoms with E-state index in [1.807, 2.05) is 69.2 Å². The molecule has 0 unspecified atom stereocenters. The van der Waals surface area contributed by atoms with E-state index in [1.165, 1.54) is 58.0 Å². The number of nitrogens with zero attached hydrogens (tertiary/aromatic N) is 1. The summed E-state index contributed by atoms with van der Waals surface area (Å²) < 4.78 is 0. The zero-order valence-corrected chi connectivity index (χ0v) is 17.8. The van der Waals surface area contributed by atoms with Crippen molar-refractivity contribution in [2.24, 2.45) is 0 Å². The van der Waals surface area contributed by atoms with Gasteiger partial charge in [-0.15, -0.1) is 0 Å². The second-order valence-electron chi connectivity index (χ2n) is 3.78. The molecule has 0 amide bonds. The second kappa shape index (κ2) is 88.3. The average Bonchev–Trinajstić information content (AvgIpc) is 3.33. The number of rotatable bonds is 0. The van der Waals surface area contributed by atoms with Crippen LogP contribution in [-0.4, -0.2) is 25.0 Å². The minimum atomic E-state index is 0. The molecule has 0 aromatic rings. The molecule has 0 spiro atoms. The summed E-state index contributed by atoms with van der Waals surface area (Å²) in [5.41, 5.74) is 0. The van der Waals surface area contributed by atoms with Gasteiger partial charge in [0.15, 0.2) is 0 Å². The van der Waals surface area contributed by atoms with Crippen LogP contribution >= 0.6 is 0 Å². The lowest BCUT2D eigenvalue weighted by Crippen LogP contribution is -2.10. The largest absolute Gasteiger partial charge is 0.306 e. The molecule has 0 aromatic heterocycles. The highest BCUT2D eigenvalue weighted by Crippen LogP contribution is 2.15. The summed E-state index contributed by atoms with van der Waals surface area (Å²) in [6, 6.07) is 0. The van der Waals surface area contributed by atoms with Gasteiger partial charge in [-0.25, -0.2) is 0 Å². The Kier molecular flexibility index (Phi) is 199. The first kappa shape index (κ1) is 56.3. The molecular formula is C24H67N. The normalized spacial score (nSPS) is 12.1. The molecule has 1 aliphatic carbocycles.